The molecule has 7 heteroatoms. The van der Waals surface area contributed by atoms with Gasteiger partial charge in [0.05, 0.1) is 11.8 Å². The van der Waals surface area contributed by atoms with Crippen molar-refractivity contribution in [1.82, 2.24) is 14.9 Å². The molecule has 2 aromatic heterocycles. The van der Waals surface area contributed by atoms with E-state index in [0.29, 0.717) is 6.54 Å². The Morgan fingerprint density at radius 2 is 1.97 bits per heavy atom. The lowest BCUT2D eigenvalue weighted by molar-refractivity contribution is -0.0283. The van der Waals surface area contributed by atoms with Crippen molar-refractivity contribution in [3.63, 3.8) is 0 Å². The van der Waals surface area contributed by atoms with Gasteiger partial charge in [0.2, 0.25) is 0 Å². The molecule has 3 aromatic rings. The molecule has 1 aromatic carbocycles. The average Bonchev–Trinajstić information content (AvgIpc) is 3.28. The van der Waals surface area contributed by atoms with Crippen LogP contribution in [0.2, 0.25) is 0 Å². The quantitative estimate of drug-likeness (QED) is 0.636. The molecule has 0 bridgehead atoms. The van der Waals surface area contributed by atoms with E-state index < -0.39 is 5.97 Å². The molecule has 3 heterocycles. The van der Waals surface area contributed by atoms with Gasteiger partial charge in [-0.15, -0.1) is 11.3 Å². The maximum atomic E-state index is 11.1. The Kier molecular flexibility index (Phi) is 6.29. The molecule has 1 aliphatic heterocycles. The Labute approximate surface area is 173 Å². The van der Waals surface area contributed by atoms with E-state index in [0.717, 1.165) is 42.2 Å². The van der Waals surface area contributed by atoms with Gasteiger partial charge in [-0.3, -0.25) is 4.90 Å². The van der Waals surface area contributed by atoms with E-state index in [1.54, 1.807) is 17.4 Å². The van der Waals surface area contributed by atoms with Crippen molar-refractivity contribution in [3.05, 3.63) is 82.1 Å². The number of thiazole rings is 1. The van der Waals surface area contributed by atoms with Crippen molar-refractivity contribution in [2.24, 2.45) is 0 Å². The van der Waals surface area contributed by atoms with Crippen LogP contribution in [0, 0.1) is 0 Å². The molecule has 0 aliphatic carbocycles. The summed E-state index contributed by atoms with van der Waals surface area (Å²) in [4.78, 5) is 22.1. The van der Waals surface area contributed by atoms with Gasteiger partial charge in [0.1, 0.15) is 16.8 Å². The van der Waals surface area contributed by atoms with Gasteiger partial charge in [0.15, 0.2) is 0 Å². The first-order valence-corrected chi connectivity index (χ1v) is 10.6. The summed E-state index contributed by atoms with van der Waals surface area (Å²) >= 11 is 1.62. The van der Waals surface area contributed by atoms with Crippen molar-refractivity contribution in [2.75, 3.05) is 13.1 Å². The van der Waals surface area contributed by atoms with Gasteiger partial charge in [-0.2, -0.15) is 0 Å². The van der Waals surface area contributed by atoms with E-state index in [4.69, 9.17) is 9.84 Å². The van der Waals surface area contributed by atoms with Gasteiger partial charge in [0.25, 0.3) is 0 Å². The highest BCUT2D eigenvalue weighted by molar-refractivity contribution is 7.09. The van der Waals surface area contributed by atoms with Gasteiger partial charge in [-0.05, 0) is 30.5 Å². The molecule has 1 atom stereocenters. The van der Waals surface area contributed by atoms with Crippen LogP contribution < -0.4 is 0 Å². The molecular formula is C22H23N3O3S. The molecule has 6 nitrogen and oxygen atoms in total. The molecule has 1 aliphatic rings. The molecule has 0 radical (unpaired) electrons. The lowest BCUT2D eigenvalue weighted by Crippen LogP contribution is -2.37. The third kappa shape index (κ3) is 5.06. The summed E-state index contributed by atoms with van der Waals surface area (Å²) < 4.78 is 6.50. The fraction of sp³-hybridized carbons (Fsp3) is 0.318. The number of piperidine rings is 1. The summed E-state index contributed by atoms with van der Waals surface area (Å²) in [6, 6.07) is 15.4. The Bertz CT molecular complexity index is 925. The minimum Gasteiger partial charge on any atom is -0.477 e. The van der Waals surface area contributed by atoms with Crippen molar-refractivity contribution in [1.29, 1.82) is 0 Å². The van der Waals surface area contributed by atoms with Gasteiger partial charge < -0.3 is 9.84 Å². The lowest BCUT2D eigenvalue weighted by Gasteiger charge is -2.33. The number of carboxylic acid groups (broad SMARTS) is 1. The van der Waals surface area contributed by atoms with E-state index in [1.165, 1.54) is 6.07 Å². The number of carboxylic acids is 1. The number of carbonyl (C=O) groups is 1. The Hall–Kier alpha value is -2.61. The topological polar surface area (TPSA) is 75.5 Å². The van der Waals surface area contributed by atoms with Crippen LogP contribution in [0.3, 0.4) is 0 Å². The number of likely N-dealkylation sites (tertiary alicyclic amines) is 1. The molecular weight excluding hydrogens is 386 g/mol. The first-order valence-electron chi connectivity index (χ1n) is 9.70. The fourth-order valence-electron chi connectivity index (χ4n) is 3.58. The third-order valence-corrected chi connectivity index (χ3v) is 5.87. The lowest BCUT2D eigenvalue weighted by atomic mass is 10.1. The molecule has 150 valence electrons. The van der Waals surface area contributed by atoms with Crippen LogP contribution in [0.5, 0.6) is 0 Å². The highest BCUT2D eigenvalue weighted by atomic mass is 32.1. The number of ether oxygens (including phenoxy) is 1. The number of aromatic carboxylic acids is 1. The van der Waals surface area contributed by atoms with E-state index >= 15 is 0 Å². The number of rotatable bonds is 7. The zero-order valence-corrected chi connectivity index (χ0v) is 16.8. The summed E-state index contributed by atoms with van der Waals surface area (Å²) in [5.41, 5.74) is 2.00. The van der Waals surface area contributed by atoms with Crippen molar-refractivity contribution in [3.8, 4) is 0 Å². The summed E-state index contributed by atoms with van der Waals surface area (Å²) in [5.74, 6) is -0.993. The smallest absolute Gasteiger partial charge is 0.354 e. The molecule has 1 unspecified atom stereocenters. The second-order valence-electron chi connectivity index (χ2n) is 7.09. The van der Waals surface area contributed by atoms with Crippen LogP contribution in [-0.2, 0) is 11.3 Å². The number of hydrogen-bond acceptors (Lipinski definition) is 6. The van der Waals surface area contributed by atoms with Crippen molar-refractivity contribution >= 4 is 17.3 Å². The first-order chi connectivity index (χ1) is 14.2. The van der Waals surface area contributed by atoms with Gasteiger partial charge in [-0.1, -0.05) is 36.4 Å². The Morgan fingerprint density at radius 3 is 2.66 bits per heavy atom. The highest BCUT2D eigenvalue weighted by Crippen LogP contribution is 2.31. The molecule has 1 saturated heterocycles. The minimum absolute atomic E-state index is 0.0925. The second-order valence-corrected chi connectivity index (χ2v) is 8.02. The standard InChI is InChI=1S/C22H23N3O3S/c26-22(27)19-8-4-7-17(24-19)15-25-12-9-18(10-13-25)28-20(21-23-11-14-29-21)16-5-2-1-3-6-16/h1-8,11,14,18,20H,9-10,12-13,15H2,(H,26,27). The summed E-state index contributed by atoms with van der Waals surface area (Å²) in [7, 11) is 0. The predicted molar refractivity (Wildman–Crippen MR) is 111 cm³/mol. The SMILES string of the molecule is O=C(O)c1cccc(CN2CCC(OC(c3ccccc3)c3nccs3)CC2)n1. The van der Waals surface area contributed by atoms with Crippen LogP contribution in [0.25, 0.3) is 0 Å². The number of aromatic nitrogens is 2. The van der Waals surface area contributed by atoms with E-state index in [2.05, 4.69) is 27.0 Å². The van der Waals surface area contributed by atoms with Crippen LogP contribution in [0.4, 0.5) is 0 Å². The number of pyridine rings is 1. The average molecular weight is 410 g/mol. The number of hydrogen-bond donors (Lipinski definition) is 1. The Morgan fingerprint density at radius 1 is 1.17 bits per heavy atom. The maximum Gasteiger partial charge on any atom is 0.354 e. The monoisotopic (exact) mass is 409 g/mol. The van der Waals surface area contributed by atoms with Crippen LogP contribution >= 0.6 is 11.3 Å². The molecule has 1 fully saturated rings. The number of nitrogens with zero attached hydrogens (tertiary/aromatic N) is 3. The predicted octanol–water partition coefficient (Wildman–Crippen LogP) is 4.01. The Balaban J connectivity index is 1.36. The van der Waals surface area contributed by atoms with Crippen molar-refractivity contribution in [2.45, 2.75) is 31.6 Å². The first kappa shape index (κ1) is 19.7. The molecule has 4 rings (SSSR count). The molecule has 29 heavy (non-hydrogen) atoms. The highest BCUT2D eigenvalue weighted by Gasteiger charge is 2.26. The fourth-order valence-corrected chi connectivity index (χ4v) is 4.28. The third-order valence-electron chi connectivity index (χ3n) is 5.05. The minimum atomic E-state index is -0.993. The molecule has 0 amide bonds. The summed E-state index contributed by atoms with van der Waals surface area (Å²) in [6.45, 7) is 2.44. The summed E-state index contributed by atoms with van der Waals surface area (Å²) in [6.07, 6.45) is 3.70. The van der Waals surface area contributed by atoms with Crippen LogP contribution in [0.1, 0.15) is 45.7 Å². The van der Waals surface area contributed by atoms with Crippen LogP contribution in [0.15, 0.2) is 60.1 Å². The van der Waals surface area contributed by atoms with Gasteiger partial charge in [-0.25, -0.2) is 14.8 Å². The van der Waals surface area contributed by atoms with E-state index in [9.17, 15) is 4.79 Å². The second kappa shape index (κ2) is 9.26. The van der Waals surface area contributed by atoms with Crippen LogP contribution in [-0.4, -0.2) is 45.1 Å². The zero-order chi connectivity index (χ0) is 20.1. The van der Waals surface area contributed by atoms with Crippen molar-refractivity contribution < 1.29 is 14.6 Å². The molecule has 0 spiro atoms. The largest absolute Gasteiger partial charge is 0.477 e. The summed E-state index contributed by atoms with van der Waals surface area (Å²) in [5, 5.41) is 12.1. The normalized spacial score (nSPS) is 16.6. The molecule has 0 saturated carbocycles. The van der Waals surface area contributed by atoms with Gasteiger partial charge >= 0.3 is 5.97 Å². The molecule has 1 N–H and O–H groups in total. The zero-order valence-electron chi connectivity index (χ0n) is 16.0. The maximum absolute atomic E-state index is 11.1. The van der Waals surface area contributed by atoms with Gasteiger partial charge in [0, 0.05) is 31.2 Å². The van der Waals surface area contributed by atoms with E-state index in [1.807, 2.05) is 35.8 Å². The number of benzene rings is 1. The van der Waals surface area contributed by atoms with E-state index in [-0.39, 0.29) is 17.9 Å².